The van der Waals surface area contributed by atoms with Gasteiger partial charge in [-0.2, -0.15) is 0 Å². The summed E-state index contributed by atoms with van der Waals surface area (Å²) < 4.78 is 6.21. The largest absolute Gasteiger partial charge is 0.373 e. The van der Waals surface area contributed by atoms with E-state index in [9.17, 15) is 0 Å². The third-order valence-electron chi connectivity index (χ3n) is 5.52. The zero-order chi connectivity index (χ0) is 16.1. The number of benzene rings is 1. The zero-order valence-corrected chi connectivity index (χ0v) is 14.8. The van der Waals surface area contributed by atoms with Crippen molar-refractivity contribution in [3.05, 3.63) is 35.9 Å². The normalized spacial score (nSPS) is 27.4. The highest BCUT2D eigenvalue weighted by molar-refractivity contribution is 5.13. The van der Waals surface area contributed by atoms with Gasteiger partial charge in [-0.15, -0.1) is 0 Å². The molecule has 1 aliphatic carbocycles. The lowest BCUT2D eigenvalue weighted by molar-refractivity contribution is -0.0211. The van der Waals surface area contributed by atoms with Crippen molar-refractivity contribution < 1.29 is 4.74 Å². The lowest BCUT2D eigenvalue weighted by Gasteiger charge is -2.43. The maximum absolute atomic E-state index is 6.21. The summed E-state index contributed by atoms with van der Waals surface area (Å²) in [4.78, 5) is 5.32. The molecule has 1 heterocycles. The van der Waals surface area contributed by atoms with Crippen LogP contribution in [-0.2, 0) is 11.3 Å². The van der Waals surface area contributed by atoms with Crippen molar-refractivity contribution in [3.8, 4) is 0 Å². The van der Waals surface area contributed by atoms with E-state index in [1.54, 1.807) is 0 Å². The SMILES string of the molecule is CC(C)N1CCN(C2CCCC(OCc3ccccc3)C2)CC1. The van der Waals surface area contributed by atoms with Crippen LogP contribution in [0, 0.1) is 0 Å². The molecule has 3 rings (SSSR count). The molecule has 1 saturated heterocycles. The molecule has 3 heteroatoms. The molecule has 0 bridgehead atoms. The van der Waals surface area contributed by atoms with E-state index in [-0.39, 0.29) is 0 Å². The van der Waals surface area contributed by atoms with Crippen molar-refractivity contribution in [2.45, 2.75) is 64.3 Å². The fourth-order valence-corrected chi connectivity index (χ4v) is 4.01. The molecule has 0 amide bonds. The van der Waals surface area contributed by atoms with Gasteiger partial charge >= 0.3 is 0 Å². The van der Waals surface area contributed by atoms with Crippen LogP contribution < -0.4 is 0 Å². The molecule has 1 saturated carbocycles. The predicted octanol–water partition coefficient (Wildman–Crippen LogP) is 3.54. The molecule has 1 aromatic carbocycles. The van der Waals surface area contributed by atoms with Gasteiger partial charge in [0.25, 0.3) is 0 Å². The van der Waals surface area contributed by atoms with Crippen LogP contribution in [0.1, 0.15) is 45.1 Å². The topological polar surface area (TPSA) is 15.7 Å². The third kappa shape index (κ3) is 4.79. The van der Waals surface area contributed by atoms with Crippen molar-refractivity contribution in [2.75, 3.05) is 26.2 Å². The van der Waals surface area contributed by atoms with Gasteiger partial charge in [-0.25, -0.2) is 0 Å². The Morgan fingerprint density at radius 1 is 1.04 bits per heavy atom. The summed E-state index contributed by atoms with van der Waals surface area (Å²) in [6, 6.07) is 12.0. The fourth-order valence-electron chi connectivity index (χ4n) is 4.01. The first-order valence-corrected chi connectivity index (χ1v) is 9.36. The molecule has 2 fully saturated rings. The van der Waals surface area contributed by atoms with Crippen LogP contribution in [0.25, 0.3) is 0 Å². The number of hydrogen-bond donors (Lipinski definition) is 0. The Morgan fingerprint density at radius 2 is 1.78 bits per heavy atom. The molecule has 2 atom stereocenters. The summed E-state index contributed by atoms with van der Waals surface area (Å²) in [5.74, 6) is 0. The standard InChI is InChI=1S/C20H32N2O/c1-17(2)21-11-13-22(14-12-21)19-9-6-10-20(15-19)23-16-18-7-4-3-5-8-18/h3-5,7-8,17,19-20H,6,9-16H2,1-2H3. The molecule has 1 aromatic rings. The molecule has 0 aromatic heterocycles. The highest BCUT2D eigenvalue weighted by atomic mass is 16.5. The molecular formula is C20H32N2O. The monoisotopic (exact) mass is 316 g/mol. The van der Waals surface area contributed by atoms with E-state index in [0.29, 0.717) is 12.1 Å². The smallest absolute Gasteiger partial charge is 0.0720 e. The maximum atomic E-state index is 6.21. The molecule has 0 spiro atoms. The molecule has 128 valence electrons. The highest BCUT2D eigenvalue weighted by Crippen LogP contribution is 2.27. The second-order valence-corrected chi connectivity index (χ2v) is 7.40. The van der Waals surface area contributed by atoms with E-state index in [0.717, 1.165) is 12.6 Å². The second-order valence-electron chi connectivity index (χ2n) is 7.40. The number of nitrogens with zero attached hydrogens (tertiary/aromatic N) is 2. The van der Waals surface area contributed by atoms with Crippen LogP contribution in [0.5, 0.6) is 0 Å². The van der Waals surface area contributed by atoms with Crippen molar-refractivity contribution in [2.24, 2.45) is 0 Å². The number of rotatable bonds is 5. The maximum Gasteiger partial charge on any atom is 0.0720 e. The predicted molar refractivity (Wildman–Crippen MR) is 95.6 cm³/mol. The van der Waals surface area contributed by atoms with Gasteiger partial charge in [0.05, 0.1) is 12.7 Å². The average molecular weight is 316 g/mol. The first kappa shape index (κ1) is 16.9. The second kappa shape index (κ2) is 8.27. The van der Waals surface area contributed by atoms with Gasteiger partial charge in [0.15, 0.2) is 0 Å². The number of hydrogen-bond acceptors (Lipinski definition) is 3. The average Bonchev–Trinajstić information content (AvgIpc) is 2.61. The minimum Gasteiger partial charge on any atom is -0.373 e. The Labute approximate surface area is 141 Å². The van der Waals surface area contributed by atoms with Gasteiger partial charge in [-0.05, 0) is 45.1 Å². The minimum absolute atomic E-state index is 0.442. The lowest BCUT2D eigenvalue weighted by atomic mass is 9.91. The van der Waals surface area contributed by atoms with Crippen molar-refractivity contribution in [1.29, 1.82) is 0 Å². The summed E-state index contributed by atoms with van der Waals surface area (Å²) in [5.41, 5.74) is 1.29. The van der Waals surface area contributed by atoms with E-state index in [1.165, 1.54) is 57.4 Å². The fraction of sp³-hybridized carbons (Fsp3) is 0.700. The van der Waals surface area contributed by atoms with Gasteiger partial charge in [-0.1, -0.05) is 30.3 Å². The van der Waals surface area contributed by atoms with Crippen LogP contribution in [0.15, 0.2) is 30.3 Å². The van der Waals surface area contributed by atoms with Crippen LogP contribution in [-0.4, -0.2) is 54.2 Å². The Balaban J connectivity index is 1.45. The first-order valence-electron chi connectivity index (χ1n) is 9.36. The Hall–Kier alpha value is -0.900. The molecule has 23 heavy (non-hydrogen) atoms. The van der Waals surface area contributed by atoms with Crippen molar-refractivity contribution in [3.63, 3.8) is 0 Å². The molecule has 0 N–H and O–H groups in total. The molecule has 2 unspecified atom stereocenters. The molecule has 2 aliphatic rings. The van der Waals surface area contributed by atoms with E-state index >= 15 is 0 Å². The van der Waals surface area contributed by atoms with Crippen LogP contribution >= 0.6 is 0 Å². The molecule has 0 radical (unpaired) electrons. The Kier molecular flexibility index (Phi) is 6.09. The van der Waals surface area contributed by atoms with E-state index < -0.39 is 0 Å². The van der Waals surface area contributed by atoms with Crippen molar-refractivity contribution in [1.82, 2.24) is 9.80 Å². The van der Waals surface area contributed by atoms with E-state index in [1.807, 2.05) is 0 Å². The minimum atomic E-state index is 0.442. The van der Waals surface area contributed by atoms with Gasteiger partial charge in [0.2, 0.25) is 0 Å². The van der Waals surface area contributed by atoms with E-state index in [4.69, 9.17) is 4.74 Å². The Morgan fingerprint density at radius 3 is 2.48 bits per heavy atom. The number of ether oxygens (including phenoxy) is 1. The molecule has 1 aliphatic heterocycles. The van der Waals surface area contributed by atoms with Crippen LogP contribution in [0.4, 0.5) is 0 Å². The molecule has 3 nitrogen and oxygen atoms in total. The van der Waals surface area contributed by atoms with Crippen LogP contribution in [0.2, 0.25) is 0 Å². The first-order chi connectivity index (χ1) is 11.2. The zero-order valence-electron chi connectivity index (χ0n) is 14.8. The Bertz CT molecular complexity index is 454. The third-order valence-corrected chi connectivity index (χ3v) is 5.52. The summed E-state index contributed by atoms with van der Waals surface area (Å²) in [6.45, 7) is 10.3. The summed E-state index contributed by atoms with van der Waals surface area (Å²) in [6.07, 6.45) is 5.56. The van der Waals surface area contributed by atoms with E-state index in [2.05, 4.69) is 54.0 Å². The van der Waals surface area contributed by atoms with Gasteiger partial charge in [0, 0.05) is 38.3 Å². The van der Waals surface area contributed by atoms with Crippen LogP contribution in [0.3, 0.4) is 0 Å². The van der Waals surface area contributed by atoms with Gasteiger partial charge in [-0.3, -0.25) is 9.80 Å². The quantitative estimate of drug-likeness (QED) is 0.826. The van der Waals surface area contributed by atoms with Gasteiger partial charge in [0.1, 0.15) is 0 Å². The highest BCUT2D eigenvalue weighted by Gasteiger charge is 2.29. The summed E-state index contributed by atoms with van der Waals surface area (Å²) in [7, 11) is 0. The summed E-state index contributed by atoms with van der Waals surface area (Å²) in [5, 5.41) is 0. The molecular weight excluding hydrogens is 284 g/mol. The lowest BCUT2D eigenvalue weighted by Crippen LogP contribution is -2.53. The van der Waals surface area contributed by atoms with Crippen molar-refractivity contribution >= 4 is 0 Å². The number of piperazine rings is 1. The summed E-state index contributed by atoms with van der Waals surface area (Å²) >= 11 is 0. The van der Waals surface area contributed by atoms with Gasteiger partial charge < -0.3 is 4.74 Å².